The van der Waals surface area contributed by atoms with E-state index in [-0.39, 0.29) is 16.2 Å². The number of hydrogen-bond donors (Lipinski definition) is 1. The van der Waals surface area contributed by atoms with E-state index in [2.05, 4.69) is 9.97 Å². The Hall–Kier alpha value is -2.56. The van der Waals surface area contributed by atoms with E-state index < -0.39 is 15.9 Å². The molecule has 10 heteroatoms. The monoisotopic (exact) mass is 446 g/mol. The first kappa shape index (κ1) is 20.7. The summed E-state index contributed by atoms with van der Waals surface area (Å²) < 4.78 is 33.1. The Morgan fingerprint density at radius 2 is 1.87 bits per heavy atom. The molecule has 0 radical (unpaired) electrons. The molecule has 0 spiro atoms. The Kier molecular flexibility index (Phi) is 5.25. The molecule has 1 aliphatic rings. The van der Waals surface area contributed by atoms with Crippen molar-refractivity contribution in [2.45, 2.75) is 38.5 Å². The molecule has 3 heterocycles. The van der Waals surface area contributed by atoms with Gasteiger partial charge >= 0.3 is 0 Å². The van der Waals surface area contributed by atoms with Crippen LogP contribution in [0.5, 0.6) is 11.6 Å². The fraction of sp³-hybridized carbons (Fsp3) is 0.350. The number of carbonyl (C=O) groups excluding carboxylic acids is 1. The van der Waals surface area contributed by atoms with E-state index in [4.69, 9.17) is 10.5 Å². The van der Waals surface area contributed by atoms with Gasteiger partial charge in [0, 0.05) is 18.0 Å². The third-order valence-electron chi connectivity index (χ3n) is 5.23. The van der Waals surface area contributed by atoms with E-state index in [9.17, 15) is 13.2 Å². The van der Waals surface area contributed by atoms with Gasteiger partial charge in [-0.05, 0) is 57.4 Å². The zero-order valence-electron chi connectivity index (χ0n) is 16.9. The van der Waals surface area contributed by atoms with Gasteiger partial charge in [0.05, 0.1) is 15.8 Å². The molecule has 3 aromatic rings. The molecule has 0 unspecified atom stereocenters. The molecular weight excluding hydrogens is 424 g/mol. The number of nitrogens with zero attached hydrogens (tertiary/aromatic N) is 3. The number of hydrogen-bond acceptors (Lipinski definition) is 7. The molecule has 30 heavy (non-hydrogen) atoms. The van der Waals surface area contributed by atoms with E-state index in [0.717, 1.165) is 33.5 Å². The molecule has 1 aliphatic heterocycles. The van der Waals surface area contributed by atoms with Crippen molar-refractivity contribution in [2.24, 2.45) is 5.73 Å². The molecule has 4 rings (SSSR count). The SMILES string of the molecule is Cc1nc(Oc2ccc(S(=O)(=O)N3CCCC3)cc2C(N)=O)c2c(C)c(C)sc2n1. The largest absolute Gasteiger partial charge is 0.437 e. The number of ether oxygens (including phenoxy) is 1. The number of sulfonamides is 1. The van der Waals surface area contributed by atoms with Crippen LogP contribution in [0.1, 0.15) is 39.5 Å². The second-order valence-corrected chi connectivity index (χ2v) is 10.4. The average molecular weight is 447 g/mol. The standard InChI is InChI=1S/C20H22N4O4S2/c1-11-12(2)29-20-17(11)19(22-13(3)23-20)28-16-7-6-14(10-15(16)18(21)25)30(26,27)24-8-4-5-9-24/h6-7,10H,4-5,8-9H2,1-3H3,(H2,21,25). The predicted molar refractivity (Wildman–Crippen MR) is 115 cm³/mol. The van der Waals surface area contributed by atoms with E-state index in [1.165, 1.54) is 22.5 Å². The van der Waals surface area contributed by atoms with E-state index in [1.807, 2.05) is 13.8 Å². The van der Waals surface area contributed by atoms with Crippen molar-refractivity contribution in [3.63, 3.8) is 0 Å². The lowest BCUT2D eigenvalue weighted by Crippen LogP contribution is -2.28. The third-order valence-corrected chi connectivity index (χ3v) is 8.23. The molecule has 1 aromatic carbocycles. The van der Waals surface area contributed by atoms with Crippen LogP contribution in [0.3, 0.4) is 0 Å². The lowest BCUT2D eigenvalue weighted by molar-refractivity contribution is 0.0998. The molecule has 2 N–H and O–H groups in total. The number of carbonyl (C=O) groups is 1. The second-order valence-electron chi connectivity index (χ2n) is 7.27. The zero-order valence-corrected chi connectivity index (χ0v) is 18.6. The van der Waals surface area contributed by atoms with Gasteiger partial charge in [-0.15, -0.1) is 11.3 Å². The topological polar surface area (TPSA) is 115 Å². The van der Waals surface area contributed by atoms with Gasteiger partial charge in [0.15, 0.2) is 0 Å². The molecule has 2 aromatic heterocycles. The van der Waals surface area contributed by atoms with Gasteiger partial charge < -0.3 is 10.5 Å². The number of fused-ring (bicyclic) bond motifs is 1. The lowest BCUT2D eigenvalue weighted by atomic mass is 10.2. The minimum absolute atomic E-state index is 0.00991. The summed E-state index contributed by atoms with van der Waals surface area (Å²) in [6.45, 7) is 6.66. The number of aryl methyl sites for hydroxylation is 3. The van der Waals surface area contributed by atoms with Crippen LogP contribution in [0, 0.1) is 20.8 Å². The fourth-order valence-electron chi connectivity index (χ4n) is 3.52. The Labute approximate surface area is 178 Å². The number of rotatable bonds is 5. The van der Waals surface area contributed by atoms with Gasteiger partial charge in [-0.2, -0.15) is 9.29 Å². The van der Waals surface area contributed by atoms with Gasteiger partial charge in [0.2, 0.25) is 15.9 Å². The number of amides is 1. The van der Waals surface area contributed by atoms with Crippen molar-refractivity contribution in [3.8, 4) is 11.6 Å². The van der Waals surface area contributed by atoms with E-state index in [0.29, 0.717) is 24.8 Å². The average Bonchev–Trinajstić information content (AvgIpc) is 3.31. The van der Waals surface area contributed by atoms with Gasteiger partial charge in [-0.1, -0.05) is 0 Å². The predicted octanol–water partition coefficient (Wildman–Crippen LogP) is 3.29. The Morgan fingerprint density at radius 1 is 1.17 bits per heavy atom. The van der Waals surface area contributed by atoms with Crippen LogP contribution in [-0.4, -0.2) is 41.7 Å². The van der Waals surface area contributed by atoms with Gasteiger partial charge in [0.1, 0.15) is 16.4 Å². The first-order valence-corrected chi connectivity index (χ1v) is 11.8. The van der Waals surface area contributed by atoms with Crippen molar-refractivity contribution < 1.29 is 17.9 Å². The molecule has 0 atom stereocenters. The molecule has 158 valence electrons. The number of nitrogens with two attached hydrogens (primary N) is 1. The van der Waals surface area contributed by atoms with Crippen LogP contribution >= 0.6 is 11.3 Å². The summed E-state index contributed by atoms with van der Waals surface area (Å²) in [6.07, 6.45) is 1.65. The molecule has 1 amide bonds. The maximum absolute atomic E-state index is 12.9. The molecule has 0 aliphatic carbocycles. The van der Waals surface area contributed by atoms with Crippen LogP contribution in [-0.2, 0) is 10.0 Å². The van der Waals surface area contributed by atoms with Crippen molar-refractivity contribution in [1.82, 2.24) is 14.3 Å². The molecular formula is C20H22N4O4S2. The van der Waals surface area contributed by atoms with Crippen LogP contribution < -0.4 is 10.5 Å². The zero-order chi connectivity index (χ0) is 21.6. The van der Waals surface area contributed by atoms with Crippen molar-refractivity contribution >= 4 is 37.5 Å². The number of primary amides is 1. The quantitative estimate of drug-likeness (QED) is 0.643. The highest BCUT2D eigenvalue weighted by molar-refractivity contribution is 7.89. The van der Waals surface area contributed by atoms with Gasteiger partial charge in [-0.25, -0.2) is 13.4 Å². The minimum atomic E-state index is -3.68. The van der Waals surface area contributed by atoms with Crippen LogP contribution in [0.25, 0.3) is 10.2 Å². The van der Waals surface area contributed by atoms with Crippen LogP contribution in [0.15, 0.2) is 23.1 Å². The van der Waals surface area contributed by atoms with E-state index in [1.54, 1.807) is 18.3 Å². The molecule has 0 saturated carbocycles. The van der Waals surface area contributed by atoms with Crippen molar-refractivity contribution in [1.29, 1.82) is 0 Å². The summed E-state index contributed by atoms with van der Waals surface area (Å²) in [5.74, 6) is 0.235. The normalized spacial score (nSPS) is 15.0. The first-order valence-electron chi connectivity index (χ1n) is 9.54. The van der Waals surface area contributed by atoms with Crippen molar-refractivity contribution in [2.75, 3.05) is 13.1 Å². The summed E-state index contributed by atoms with van der Waals surface area (Å²) >= 11 is 1.54. The summed E-state index contributed by atoms with van der Waals surface area (Å²) in [5.41, 5.74) is 6.54. The van der Waals surface area contributed by atoms with Crippen LogP contribution in [0.2, 0.25) is 0 Å². The van der Waals surface area contributed by atoms with Gasteiger partial charge in [-0.3, -0.25) is 4.79 Å². The smallest absolute Gasteiger partial charge is 0.252 e. The Morgan fingerprint density at radius 3 is 2.53 bits per heavy atom. The van der Waals surface area contributed by atoms with Crippen molar-refractivity contribution in [3.05, 3.63) is 40.0 Å². The highest BCUT2D eigenvalue weighted by Crippen LogP contribution is 2.37. The molecule has 8 nitrogen and oxygen atoms in total. The number of thiophene rings is 1. The summed E-state index contributed by atoms with van der Waals surface area (Å²) in [6, 6.07) is 4.18. The highest BCUT2D eigenvalue weighted by atomic mass is 32.2. The molecule has 1 fully saturated rings. The molecule has 0 bridgehead atoms. The summed E-state index contributed by atoms with van der Waals surface area (Å²) in [7, 11) is -3.68. The summed E-state index contributed by atoms with van der Waals surface area (Å²) in [4.78, 5) is 22.9. The maximum Gasteiger partial charge on any atom is 0.252 e. The number of aromatic nitrogens is 2. The van der Waals surface area contributed by atoms with E-state index >= 15 is 0 Å². The first-order chi connectivity index (χ1) is 14.2. The Balaban J connectivity index is 1.79. The molecule has 1 saturated heterocycles. The summed E-state index contributed by atoms with van der Waals surface area (Å²) in [5, 5.41) is 0.771. The van der Waals surface area contributed by atoms with Gasteiger partial charge in [0.25, 0.3) is 5.91 Å². The lowest BCUT2D eigenvalue weighted by Gasteiger charge is -2.17. The second kappa shape index (κ2) is 7.60. The number of benzene rings is 1. The minimum Gasteiger partial charge on any atom is -0.437 e. The fourth-order valence-corrected chi connectivity index (χ4v) is 6.13. The maximum atomic E-state index is 12.9. The highest BCUT2D eigenvalue weighted by Gasteiger charge is 2.29. The van der Waals surface area contributed by atoms with Crippen LogP contribution in [0.4, 0.5) is 0 Å². The third kappa shape index (κ3) is 3.55. The Bertz CT molecular complexity index is 1260.